The van der Waals surface area contributed by atoms with Crippen LogP contribution in [0.3, 0.4) is 0 Å². The van der Waals surface area contributed by atoms with Gasteiger partial charge in [-0.3, -0.25) is 19.3 Å². The van der Waals surface area contributed by atoms with Crippen LogP contribution in [0.1, 0.15) is 31.2 Å². The van der Waals surface area contributed by atoms with Crippen LogP contribution in [-0.4, -0.2) is 89.0 Å². The number of benzene rings is 2. The third-order valence-electron chi connectivity index (χ3n) is 9.25. The SMILES string of the molecule is O=C(NCc1ccccc1)C1CCC(CN2C(=O)C3SC=CC3N(CC(=O)N3CCN(c4ccc(F)cc4)CC3)C2=O)CC1. The van der Waals surface area contributed by atoms with Crippen LogP contribution in [0.25, 0.3) is 0 Å². The lowest BCUT2D eigenvalue weighted by atomic mass is 9.81. The number of anilines is 1. The van der Waals surface area contributed by atoms with Gasteiger partial charge in [-0.2, -0.15) is 0 Å². The first kappa shape index (κ1) is 30.2. The summed E-state index contributed by atoms with van der Waals surface area (Å²) in [5.74, 6) is -0.523. The predicted molar refractivity (Wildman–Crippen MR) is 167 cm³/mol. The molecular formula is C33H38FN5O4S. The highest BCUT2D eigenvalue weighted by atomic mass is 32.2. The standard InChI is InChI=1S/C33H38FN5O4S/c34-26-10-12-27(13-11-26)36-15-17-37(18-16-36)29(40)22-38-28-14-19-44-30(28)32(42)39(33(38)43)21-24-6-8-25(9-7-24)31(41)35-20-23-4-2-1-3-5-23/h1-5,10-14,19,24-25,28,30H,6-9,15-18,20-22H2,(H,35,41). The molecule has 3 heterocycles. The van der Waals surface area contributed by atoms with Gasteiger partial charge in [0, 0.05) is 50.9 Å². The van der Waals surface area contributed by atoms with E-state index in [0.29, 0.717) is 39.3 Å². The van der Waals surface area contributed by atoms with Crippen LogP contribution < -0.4 is 10.2 Å². The number of fused-ring (bicyclic) bond motifs is 1. The topological polar surface area (TPSA) is 93.3 Å². The first-order valence-corrected chi connectivity index (χ1v) is 16.4. The molecule has 4 aliphatic rings. The molecule has 2 aromatic rings. The average molecular weight is 620 g/mol. The molecular weight excluding hydrogens is 581 g/mol. The fraction of sp³-hybridized carbons (Fsp3) is 0.455. The van der Waals surface area contributed by atoms with Crippen molar-refractivity contribution in [2.45, 2.75) is 43.5 Å². The van der Waals surface area contributed by atoms with Gasteiger partial charge in [-0.15, -0.1) is 11.8 Å². The van der Waals surface area contributed by atoms with Gasteiger partial charge < -0.3 is 20.0 Å². The summed E-state index contributed by atoms with van der Waals surface area (Å²) in [4.78, 5) is 60.1. The minimum atomic E-state index is -0.448. The van der Waals surface area contributed by atoms with Crippen LogP contribution in [0.15, 0.2) is 66.1 Å². The van der Waals surface area contributed by atoms with Crippen LogP contribution in [0, 0.1) is 17.7 Å². The molecule has 6 rings (SSSR count). The van der Waals surface area contributed by atoms with Gasteiger partial charge in [-0.05, 0) is 66.8 Å². The number of hydrogen-bond acceptors (Lipinski definition) is 6. The van der Waals surface area contributed by atoms with Gasteiger partial charge in [0.15, 0.2) is 0 Å². The monoisotopic (exact) mass is 619 g/mol. The molecule has 5 amide bonds. The van der Waals surface area contributed by atoms with E-state index in [1.165, 1.54) is 28.8 Å². The fourth-order valence-corrected chi connectivity index (χ4v) is 7.70. The maximum atomic E-state index is 13.7. The lowest BCUT2D eigenvalue weighted by Gasteiger charge is -2.43. The lowest BCUT2D eigenvalue weighted by Crippen LogP contribution is -2.64. The Kier molecular flexibility index (Phi) is 9.20. The van der Waals surface area contributed by atoms with E-state index < -0.39 is 17.3 Å². The molecule has 2 aromatic carbocycles. The maximum absolute atomic E-state index is 13.7. The summed E-state index contributed by atoms with van der Waals surface area (Å²) in [5.41, 5.74) is 1.97. The van der Waals surface area contributed by atoms with E-state index in [0.717, 1.165) is 36.9 Å². The van der Waals surface area contributed by atoms with E-state index in [2.05, 4.69) is 10.2 Å². The summed E-state index contributed by atoms with van der Waals surface area (Å²) in [6, 6.07) is 15.3. The first-order valence-electron chi connectivity index (χ1n) is 15.4. The van der Waals surface area contributed by atoms with Gasteiger partial charge in [-0.1, -0.05) is 36.4 Å². The van der Waals surface area contributed by atoms with E-state index in [1.807, 2.05) is 41.8 Å². The van der Waals surface area contributed by atoms with Crippen molar-refractivity contribution in [3.63, 3.8) is 0 Å². The minimum absolute atomic E-state index is 0.0527. The zero-order valence-electron chi connectivity index (χ0n) is 24.6. The Labute approximate surface area is 261 Å². The Morgan fingerprint density at radius 2 is 1.61 bits per heavy atom. The summed E-state index contributed by atoms with van der Waals surface area (Å²) in [7, 11) is 0. The number of imide groups is 1. The van der Waals surface area contributed by atoms with Crippen molar-refractivity contribution in [3.8, 4) is 0 Å². The second-order valence-electron chi connectivity index (χ2n) is 12.0. The number of urea groups is 1. The molecule has 9 nitrogen and oxygen atoms in total. The highest BCUT2D eigenvalue weighted by molar-refractivity contribution is 8.03. The van der Waals surface area contributed by atoms with Crippen LogP contribution in [-0.2, 0) is 20.9 Å². The number of nitrogens with zero attached hydrogens (tertiary/aromatic N) is 4. The molecule has 3 aliphatic heterocycles. The Bertz CT molecular complexity index is 1390. The number of thioether (sulfide) groups is 1. The molecule has 1 saturated carbocycles. The van der Waals surface area contributed by atoms with Crippen molar-refractivity contribution in [3.05, 3.63) is 77.5 Å². The third-order valence-corrected chi connectivity index (χ3v) is 10.3. The van der Waals surface area contributed by atoms with E-state index in [4.69, 9.17) is 0 Å². The molecule has 232 valence electrons. The number of rotatable bonds is 8. The van der Waals surface area contributed by atoms with E-state index >= 15 is 0 Å². The predicted octanol–water partition coefficient (Wildman–Crippen LogP) is 3.86. The average Bonchev–Trinajstić information content (AvgIpc) is 3.55. The number of piperazine rings is 1. The number of carbonyl (C=O) groups is 4. The Balaban J connectivity index is 1.02. The molecule has 0 bridgehead atoms. The first-order chi connectivity index (χ1) is 21.4. The molecule has 1 aliphatic carbocycles. The molecule has 0 radical (unpaired) electrons. The Morgan fingerprint density at radius 1 is 0.909 bits per heavy atom. The van der Waals surface area contributed by atoms with E-state index in [1.54, 1.807) is 21.9 Å². The molecule has 44 heavy (non-hydrogen) atoms. The number of halogens is 1. The van der Waals surface area contributed by atoms with Crippen molar-refractivity contribution in [1.29, 1.82) is 0 Å². The van der Waals surface area contributed by atoms with E-state index in [9.17, 15) is 23.6 Å². The maximum Gasteiger partial charge on any atom is 0.327 e. The summed E-state index contributed by atoms with van der Waals surface area (Å²) in [6.45, 7) is 2.96. The Morgan fingerprint density at radius 3 is 2.32 bits per heavy atom. The third kappa shape index (κ3) is 6.62. The van der Waals surface area contributed by atoms with Gasteiger partial charge in [0.05, 0.1) is 6.04 Å². The van der Waals surface area contributed by atoms with Crippen molar-refractivity contribution in [2.75, 3.05) is 44.2 Å². The molecule has 11 heteroatoms. The highest BCUT2D eigenvalue weighted by Gasteiger charge is 2.48. The van der Waals surface area contributed by atoms with Crippen LogP contribution in [0.5, 0.6) is 0 Å². The van der Waals surface area contributed by atoms with Crippen LogP contribution in [0.2, 0.25) is 0 Å². The molecule has 2 unspecified atom stereocenters. The fourth-order valence-electron chi connectivity index (χ4n) is 6.64. The summed E-state index contributed by atoms with van der Waals surface area (Å²) in [5, 5.41) is 4.44. The molecule has 1 N–H and O–H groups in total. The number of amides is 5. The number of carbonyl (C=O) groups excluding carboxylic acids is 4. The molecule has 0 aromatic heterocycles. The number of hydrogen-bond donors (Lipinski definition) is 1. The minimum Gasteiger partial charge on any atom is -0.368 e. The van der Waals surface area contributed by atoms with Gasteiger partial charge in [-0.25, -0.2) is 9.18 Å². The van der Waals surface area contributed by atoms with Gasteiger partial charge >= 0.3 is 6.03 Å². The highest BCUT2D eigenvalue weighted by Crippen LogP contribution is 2.36. The normalized spacial score (nSPS) is 25.3. The van der Waals surface area contributed by atoms with Crippen molar-refractivity contribution in [2.24, 2.45) is 11.8 Å². The largest absolute Gasteiger partial charge is 0.368 e. The van der Waals surface area contributed by atoms with Gasteiger partial charge in [0.25, 0.3) is 0 Å². The van der Waals surface area contributed by atoms with Crippen molar-refractivity contribution < 1.29 is 23.6 Å². The molecule has 2 atom stereocenters. The molecule has 3 fully saturated rings. The molecule has 0 spiro atoms. The second-order valence-corrected chi connectivity index (χ2v) is 13.1. The Hall–Kier alpha value is -3.86. The van der Waals surface area contributed by atoms with Crippen LogP contribution in [0.4, 0.5) is 14.9 Å². The molecule has 2 saturated heterocycles. The zero-order valence-corrected chi connectivity index (χ0v) is 25.5. The lowest BCUT2D eigenvalue weighted by molar-refractivity contribution is -0.137. The summed E-state index contributed by atoms with van der Waals surface area (Å²) in [6.07, 6.45) is 4.81. The van der Waals surface area contributed by atoms with Crippen LogP contribution >= 0.6 is 11.8 Å². The number of nitrogens with one attached hydrogen (secondary N) is 1. The van der Waals surface area contributed by atoms with Gasteiger partial charge in [0.1, 0.15) is 17.6 Å². The second kappa shape index (κ2) is 13.4. The van der Waals surface area contributed by atoms with Crippen molar-refractivity contribution >= 4 is 41.2 Å². The zero-order chi connectivity index (χ0) is 30.6. The van der Waals surface area contributed by atoms with E-state index in [-0.39, 0.29) is 41.9 Å². The van der Waals surface area contributed by atoms with Crippen molar-refractivity contribution in [1.82, 2.24) is 20.0 Å². The quantitative estimate of drug-likeness (QED) is 0.483. The summed E-state index contributed by atoms with van der Waals surface area (Å²) < 4.78 is 13.3. The summed E-state index contributed by atoms with van der Waals surface area (Å²) >= 11 is 1.40. The smallest absolute Gasteiger partial charge is 0.327 e. The van der Waals surface area contributed by atoms with Gasteiger partial charge in [0.2, 0.25) is 17.7 Å².